The predicted octanol–water partition coefficient (Wildman–Crippen LogP) is 3.10. The minimum Gasteiger partial charge on any atom is -0.334 e. The van der Waals surface area contributed by atoms with E-state index in [2.05, 4.69) is 51.8 Å². The second kappa shape index (κ2) is 9.62. The van der Waals surface area contributed by atoms with Crippen molar-refractivity contribution >= 4 is 21.7 Å². The maximum absolute atomic E-state index is 12.5. The highest BCUT2D eigenvalue weighted by Crippen LogP contribution is 2.27. The molecule has 0 unspecified atom stereocenters. The molecular weight excluding hydrogens is 426 g/mol. The molecule has 2 aromatic rings. The van der Waals surface area contributed by atoms with Crippen LogP contribution in [0.25, 0.3) is 0 Å². The molecule has 0 radical (unpaired) electrons. The van der Waals surface area contributed by atoms with E-state index in [1.54, 1.807) is 10.7 Å². The summed E-state index contributed by atoms with van der Waals surface area (Å²) in [6.45, 7) is 7.85. The molecule has 1 aromatic heterocycles. The number of carbonyl (C=O) groups excluding carboxylic acids is 1. The molecule has 0 bridgehead atoms. The van der Waals surface area contributed by atoms with E-state index in [9.17, 15) is 13.2 Å². The minimum absolute atomic E-state index is 0.0626. The van der Waals surface area contributed by atoms with Gasteiger partial charge in [-0.05, 0) is 49.8 Å². The van der Waals surface area contributed by atoms with Crippen LogP contribution in [0.1, 0.15) is 49.0 Å². The number of sulfone groups is 1. The second-order valence-corrected chi connectivity index (χ2v) is 11.5. The lowest BCUT2D eigenvalue weighted by Crippen LogP contribution is -2.33. The molecule has 174 valence electrons. The summed E-state index contributed by atoms with van der Waals surface area (Å²) in [6.07, 6.45) is 3.11. The van der Waals surface area contributed by atoms with Gasteiger partial charge in [0.25, 0.3) is 0 Å². The van der Waals surface area contributed by atoms with Gasteiger partial charge in [0.05, 0.1) is 23.2 Å². The summed E-state index contributed by atoms with van der Waals surface area (Å²) < 4.78 is 25.3. The zero-order chi connectivity index (χ0) is 22.7. The van der Waals surface area contributed by atoms with E-state index in [0.717, 1.165) is 36.8 Å². The number of aryl methyl sites for hydroxylation is 1. The molecule has 2 fully saturated rings. The molecule has 2 saturated heterocycles. The standard InChI is InChI=1S/C23H33N5O3S/c1-17-4-3-10-27(14-17)15-20-7-5-19(6-8-20)13-24-23(29)25-22-12-18(2)26-28(22)21-9-11-32(30,31)16-21/h5-8,12,17,21H,3-4,9-11,13-16H2,1-2H3,(H2,24,25,29)/t17-,21+/m0/s1. The summed E-state index contributed by atoms with van der Waals surface area (Å²) in [5, 5.41) is 10.1. The molecule has 0 spiro atoms. The second-order valence-electron chi connectivity index (χ2n) is 9.28. The third-order valence-electron chi connectivity index (χ3n) is 6.28. The lowest BCUT2D eigenvalue weighted by molar-refractivity contribution is 0.176. The molecule has 9 heteroatoms. The molecule has 2 N–H and O–H groups in total. The van der Waals surface area contributed by atoms with Crippen molar-refractivity contribution in [2.45, 2.75) is 52.2 Å². The number of aromatic nitrogens is 2. The van der Waals surface area contributed by atoms with Gasteiger partial charge in [0.2, 0.25) is 0 Å². The summed E-state index contributed by atoms with van der Waals surface area (Å²) in [4.78, 5) is 15.0. The van der Waals surface area contributed by atoms with Gasteiger partial charge in [0.15, 0.2) is 9.84 Å². The number of anilines is 1. The third kappa shape index (κ3) is 5.89. The lowest BCUT2D eigenvalue weighted by atomic mass is 9.99. The number of nitrogens with zero attached hydrogens (tertiary/aromatic N) is 3. The molecule has 0 aliphatic carbocycles. The van der Waals surface area contributed by atoms with Crippen molar-refractivity contribution in [3.8, 4) is 0 Å². The van der Waals surface area contributed by atoms with E-state index in [0.29, 0.717) is 18.8 Å². The van der Waals surface area contributed by atoms with Gasteiger partial charge in [-0.3, -0.25) is 10.2 Å². The first-order valence-corrected chi connectivity index (χ1v) is 13.2. The van der Waals surface area contributed by atoms with Gasteiger partial charge < -0.3 is 5.32 Å². The van der Waals surface area contributed by atoms with Crippen molar-refractivity contribution in [3.05, 3.63) is 47.2 Å². The first-order chi connectivity index (χ1) is 15.3. The van der Waals surface area contributed by atoms with Crippen molar-refractivity contribution in [1.29, 1.82) is 0 Å². The Kier molecular flexibility index (Phi) is 6.85. The Morgan fingerprint density at radius 1 is 1.19 bits per heavy atom. The van der Waals surface area contributed by atoms with Gasteiger partial charge >= 0.3 is 6.03 Å². The van der Waals surface area contributed by atoms with Crippen LogP contribution < -0.4 is 10.6 Å². The average molecular weight is 460 g/mol. The number of piperidine rings is 1. The van der Waals surface area contributed by atoms with E-state index in [-0.39, 0.29) is 23.6 Å². The van der Waals surface area contributed by atoms with Crippen molar-refractivity contribution in [2.75, 3.05) is 29.9 Å². The van der Waals surface area contributed by atoms with Crippen molar-refractivity contribution in [1.82, 2.24) is 20.0 Å². The molecule has 3 heterocycles. The van der Waals surface area contributed by atoms with Crippen LogP contribution in [0, 0.1) is 12.8 Å². The number of nitrogens with one attached hydrogen (secondary N) is 2. The van der Waals surface area contributed by atoms with Crippen LogP contribution in [0.15, 0.2) is 30.3 Å². The van der Waals surface area contributed by atoms with E-state index < -0.39 is 9.84 Å². The number of benzene rings is 1. The lowest BCUT2D eigenvalue weighted by Gasteiger charge is -2.30. The number of hydrogen-bond acceptors (Lipinski definition) is 5. The molecule has 4 rings (SSSR count). The monoisotopic (exact) mass is 459 g/mol. The number of urea groups is 1. The van der Waals surface area contributed by atoms with E-state index in [1.807, 2.05) is 6.92 Å². The SMILES string of the molecule is Cc1cc(NC(=O)NCc2ccc(CN3CCC[C@H](C)C3)cc2)n([C@@H]2CCS(=O)(=O)C2)n1. The summed E-state index contributed by atoms with van der Waals surface area (Å²) in [7, 11) is -3.03. The van der Waals surface area contributed by atoms with Gasteiger partial charge in [-0.2, -0.15) is 5.10 Å². The predicted molar refractivity (Wildman–Crippen MR) is 125 cm³/mol. The summed E-state index contributed by atoms with van der Waals surface area (Å²) in [5.74, 6) is 1.51. The number of likely N-dealkylation sites (tertiary alicyclic amines) is 1. The van der Waals surface area contributed by atoms with E-state index >= 15 is 0 Å². The van der Waals surface area contributed by atoms with Gasteiger partial charge in [-0.1, -0.05) is 31.2 Å². The van der Waals surface area contributed by atoms with Gasteiger partial charge in [-0.15, -0.1) is 0 Å². The molecule has 2 aliphatic heterocycles. The van der Waals surface area contributed by atoms with Crippen LogP contribution in [-0.4, -0.2) is 53.7 Å². The molecule has 8 nitrogen and oxygen atoms in total. The largest absolute Gasteiger partial charge is 0.334 e. The maximum atomic E-state index is 12.5. The molecule has 0 saturated carbocycles. The Labute approximate surface area is 190 Å². The number of rotatable bonds is 6. The number of carbonyl (C=O) groups is 1. The zero-order valence-electron chi connectivity index (χ0n) is 18.9. The number of hydrogen-bond donors (Lipinski definition) is 2. The molecular formula is C23H33N5O3S. The van der Waals surface area contributed by atoms with Crippen molar-refractivity contribution in [2.24, 2.45) is 5.92 Å². The molecule has 2 amide bonds. The van der Waals surface area contributed by atoms with Crippen molar-refractivity contribution in [3.63, 3.8) is 0 Å². The van der Waals surface area contributed by atoms with Crippen LogP contribution in [0.4, 0.5) is 10.6 Å². The maximum Gasteiger partial charge on any atom is 0.320 e. The average Bonchev–Trinajstić information content (AvgIpc) is 3.28. The van der Waals surface area contributed by atoms with Crippen LogP contribution in [-0.2, 0) is 22.9 Å². The first kappa shape index (κ1) is 22.8. The first-order valence-electron chi connectivity index (χ1n) is 11.4. The Balaban J connectivity index is 1.29. The van der Waals surface area contributed by atoms with Crippen molar-refractivity contribution < 1.29 is 13.2 Å². The Morgan fingerprint density at radius 2 is 1.94 bits per heavy atom. The van der Waals surface area contributed by atoms with Crippen LogP contribution in [0.3, 0.4) is 0 Å². The summed E-state index contributed by atoms with van der Waals surface area (Å²) in [5.41, 5.74) is 3.06. The summed E-state index contributed by atoms with van der Waals surface area (Å²) in [6, 6.07) is 9.57. The normalized spacial score (nSPS) is 23.2. The fourth-order valence-corrected chi connectivity index (χ4v) is 6.34. The van der Waals surface area contributed by atoms with Crippen LogP contribution >= 0.6 is 0 Å². The molecule has 1 aromatic carbocycles. The molecule has 2 aliphatic rings. The fraction of sp³-hybridized carbons (Fsp3) is 0.565. The highest BCUT2D eigenvalue weighted by Gasteiger charge is 2.31. The Hall–Kier alpha value is -2.39. The van der Waals surface area contributed by atoms with Gasteiger partial charge in [-0.25, -0.2) is 17.9 Å². The van der Waals surface area contributed by atoms with E-state index in [4.69, 9.17) is 0 Å². The summed E-state index contributed by atoms with van der Waals surface area (Å²) >= 11 is 0. The quantitative estimate of drug-likeness (QED) is 0.692. The fourth-order valence-electron chi connectivity index (χ4n) is 4.65. The van der Waals surface area contributed by atoms with Crippen LogP contribution in [0.5, 0.6) is 0 Å². The van der Waals surface area contributed by atoms with Gasteiger partial charge in [0, 0.05) is 25.7 Å². The Morgan fingerprint density at radius 3 is 2.62 bits per heavy atom. The smallest absolute Gasteiger partial charge is 0.320 e. The molecule has 32 heavy (non-hydrogen) atoms. The third-order valence-corrected chi connectivity index (χ3v) is 8.03. The number of amides is 2. The van der Waals surface area contributed by atoms with Crippen LogP contribution in [0.2, 0.25) is 0 Å². The topological polar surface area (TPSA) is 96.3 Å². The highest BCUT2D eigenvalue weighted by atomic mass is 32.2. The van der Waals surface area contributed by atoms with Gasteiger partial charge in [0.1, 0.15) is 5.82 Å². The van der Waals surface area contributed by atoms with E-state index in [1.165, 1.54) is 18.4 Å². The Bertz CT molecular complexity index is 1050. The minimum atomic E-state index is -3.03. The highest BCUT2D eigenvalue weighted by molar-refractivity contribution is 7.91. The zero-order valence-corrected chi connectivity index (χ0v) is 19.7. The molecule has 2 atom stereocenters.